The van der Waals surface area contributed by atoms with Crippen molar-refractivity contribution in [2.24, 2.45) is 16.7 Å². The van der Waals surface area contributed by atoms with Crippen molar-refractivity contribution in [3.8, 4) is 11.8 Å². The summed E-state index contributed by atoms with van der Waals surface area (Å²) in [7, 11) is 0. The average molecular weight is 834 g/mol. The molecule has 9 rings (SSSR count). The number of piperidine rings is 2. The first-order valence-corrected chi connectivity index (χ1v) is 21.1. The molecule has 1 N–H and O–H groups in total. The molecule has 312 valence electrons. The summed E-state index contributed by atoms with van der Waals surface area (Å²) in [5.74, 6) is -0.177. The number of carbonyl (C=O) groups is 5. The number of imide groups is 2. The molecule has 0 spiro atoms. The molecule has 1 saturated carbocycles. The van der Waals surface area contributed by atoms with Crippen LogP contribution in [0.5, 0.6) is 5.75 Å². The highest BCUT2D eigenvalue weighted by Crippen LogP contribution is 2.59. The molecule has 0 bridgehead atoms. The van der Waals surface area contributed by atoms with Crippen LogP contribution >= 0.6 is 11.6 Å². The predicted octanol–water partition coefficient (Wildman–Crippen LogP) is 4.28. The lowest BCUT2D eigenvalue weighted by molar-refractivity contribution is -0.199. The van der Waals surface area contributed by atoms with Crippen LogP contribution in [0.25, 0.3) is 0 Å². The standard InChI is InChI=1S/C44H48ClN9O6/c1-43(2)41(44(3,4)42(43)60-28-7-5-26(21-46)31(45)20-28)53-24-32-36(40(53)59)47-22-34(48-32)52-13-11-25(12-14-52)23-50-15-17-51(18-16-50)27-6-8-29-30(19-27)39(58)54(38(29)57)33-9-10-35(55)49-37(33)56/h5-8,19-20,22,25,33,41-42H,9-18,23-24H2,1-4H3,(H,49,55,56). The molecule has 3 saturated heterocycles. The molecule has 0 radical (unpaired) electrons. The van der Waals surface area contributed by atoms with E-state index in [1.807, 2.05) is 11.0 Å². The molecular formula is C44H48ClN9O6. The second-order valence-electron chi connectivity index (χ2n) is 18.1. The Morgan fingerprint density at radius 1 is 0.867 bits per heavy atom. The molecule has 1 unspecified atom stereocenters. The van der Waals surface area contributed by atoms with Gasteiger partial charge in [-0.25, -0.2) is 9.97 Å². The number of fused-ring (bicyclic) bond motifs is 2. The van der Waals surface area contributed by atoms with Crippen molar-refractivity contribution < 1.29 is 28.7 Å². The van der Waals surface area contributed by atoms with E-state index in [-0.39, 0.29) is 47.3 Å². The van der Waals surface area contributed by atoms with Crippen LogP contribution < -0.4 is 19.9 Å². The number of nitrogens with zero attached hydrogens (tertiary/aromatic N) is 8. The van der Waals surface area contributed by atoms with Crippen LogP contribution in [0.1, 0.15) is 95.8 Å². The second kappa shape index (κ2) is 14.8. The number of ether oxygens (including phenoxy) is 1. The number of piperazine rings is 1. The van der Waals surface area contributed by atoms with Crippen molar-refractivity contribution in [1.29, 1.82) is 5.26 Å². The smallest absolute Gasteiger partial charge is 0.275 e. The molecule has 15 nitrogen and oxygen atoms in total. The van der Waals surface area contributed by atoms with Crippen LogP contribution in [-0.4, -0.2) is 118 Å². The van der Waals surface area contributed by atoms with E-state index in [0.29, 0.717) is 45.7 Å². The lowest BCUT2D eigenvalue weighted by Gasteiger charge is -2.65. The van der Waals surface area contributed by atoms with E-state index in [0.717, 1.165) is 75.1 Å². The summed E-state index contributed by atoms with van der Waals surface area (Å²) in [5.41, 5.74) is 2.21. The van der Waals surface area contributed by atoms with Gasteiger partial charge in [-0.1, -0.05) is 39.3 Å². The van der Waals surface area contributed by atoms with Crippen molar-refractivity contribution >= 4 is 52.6 Å². The molecular weight excluding hydrogens is 786 g/mol. The lowest BCUT2D eigenvalue weighted by Crippen LogP contribution is -2.74. The normalized spacial score (nSPS) is 25.2. The van der Waals surface area contributed by atoms with Gasteiger partial charge in [-0.2, -0.15) is 5.26 Å². The number of benzene rings is 2. The molecule has 5 aliphatic heterocycles. The van der Waals surface area contributed by atoms with Gasteiger partial charge in [0.1, 0.15) is 29.8 Å². The minimum atomic E-state index is -0.982. The summed E-state index contributed by atoms with van der Waals surface area (Å²) in [4.78, 5) is 84.1. The minimum absolute atomic E-state index is 0.0856. The van der Waals surface area contributed by atoms with E-state index in [4.69, 9.17) is 21.3 Å². The molecule has 16 heteroatoms. The molecule has 4 fully saturated rings. The maximum absolute atomic E-state index is 13.8. The fraction of sp³-hybridized carbons (Fsp3) is 0.500. The summed E-state index contributed by atoms with van der Waals surface area (Å²) in [6.45, 7) is 14.9. The zero-order valence-electron chi connectivity index (χ0n) is 34.2. The van der Waals surface area contributed by atoms with Crippen LogP contribution in [-0.2, 0) is 16.1 Å². The van der Waals surface area contributed by atoms with Crippen LogP contribution in [0.3, 0.4) is 0 Å². The summed E-state index contributed by atoms with van der Waals surface area (Å²) < 4.78 is 6.47. The maximum Gasteiger partial charge on any atom is 0.275 e. The summed E-state index contributed by atoms with van der Waals surface area (Å²) in [6, 6.07) is 11.4. The number of amides is 5. The van der Waals surface area contributed by atoms with Gasteiger partial charge in [-0.15, -0.1) is 0 Å². The van der Waals surface area contributed by atoms with Gasteiger partial charge in [0.2, 0.25) is 11.8 Å². The number of hydrogen-bond acceptors (Lipinski definition) is 12. The molecule has 60 heavy (non-hydrogen) atoms. The molecule has 5 amide bonds. The Labute approximate surface area is 353 Å². The molecule has 2 aromatic carbocycles. The van der Waals surface area contributed by atoms with Crippen molar-refractivity contribution in [2.45, 2.75) is 78.1 Å². The Hall–Kier alpha value is -5.59. The summed E-state index contributed by atoms with van der Waals surface area (Å²) >= 11 is 6.29. The Balaban J connectivity index is 0.766. The number of nitrogens with one attached hydrogen (secondary N) is 1. The molecule has 1 atom stereocenters. The van der Waals surface area contributed by atoms with Crippen molar-refractivity contribution in [3.63, 3.8) is 0 Å². The van der Waals surface area contributed by atoms with Crippen molar-refractivity contribution in [2.75, 3.05) is 55.6 Å². The van der Waals surface area contributed by atoms with Crippen LogP contribution in [0, 0.1) is 28.1 Å². The highest BCUT2D eigenvalue weighted by molar-refractivity contribution is 6.31. The van der Waals surface area contributed by atoms with Gasteiger partial charge in [-0.3, -0.25) is 39.1 Å². The zero-order chi connectivity index (χ0) is 42.2. The first-order valence-electron chi connectivity index (χ1n) is 20.8. The van der Waals surface area contributed by atoms with E-state index in [1.54, 1.807) is 36.5 Å². The number of carbonyl (C=O) groups excluding carboxylic acids is 5. The monoisotopic (exact) mass is 833 g/mol. The lowest BCUT2D eigenvalue weighted by atomic mass is 9.49. The number of nitriles is 1. The third-order valence-corrected chi connectivity index (χ3v) is 13.9. The Morgan fingerprint density at radius 3 is 2.27 bits per heavy atom. The van der Waals surface area contributed by atoms with Crippen molar-refractivity contribution in [3.05, 3.63) is 75.7 Å². The highest BCUT2D eigenvalue weighted by atomic mass is 35.5. The van der Waals surface area contributed by atoms with E-state index in [1.165, 1.54) is 0 Å². The van der Waals surface area contributed by atoms with E-state index >= 15 is 0 Å². The first kappa shape index (κ1) is 39.8. The van der Waals surface area contributed by atoms with Gasteiger partial charge >= 0.3 is 0 Å². The molecule has 1 aliphatic carbocycles. The summed E-state index contributed by atoms with van der Waals surface area (Å²) in [5, 5.41) is 11.9. The van der Waals surface area contributed by atoms with Gasteiger partial charge in [0.25, 0.3) is 17.7 Å². The molecule has 6 aliphatic rings. The third kappa shape index (κ3) is 6.64. The fourth-order valence-electron chi connectivity index (χ4n) is 11.0. The number of anilines is 2. The SMILES string of the molecule is CC1(C)C(Oc2ccc(C#N)c(Cl)c2)C(C)(C)C1N1Cc2nc(N3CCC(CN4CCN(c5ccc6c(c5)C(=O)N(C5CCC(=O)NC5=O)C6=O)CC4)CC3)cnc2C1=O. The van der Waals surface area contributed by atoms with Crippen LogP contribution in [0.4, 0.5) is 11.5 Å². The quantitative estimate of drug-likeness (QED) is 0.320. The summed E-state index contributed by atoms with van der Waals surface area (Å²) in [6.07, 6.45) is 3.79. The predicted molar refractivity (Wildman–Crippen MR) is 221 cm³/mol. The minimum Gasteiger partial charge on any atom is -0.489 e. The van der Waals surface area contributed by atoms with Crippen LogP contribution in [0.2, 0.25) is 5.02 Å². The Bertz CT molecular complexity index is 2350. The highest BCUT2D eigenvalue weighted by Gasteiger charge is 2.67. The second-order valence-corrected chi connectivity index (χ2v) is 18.6. The van der Waals surface area contributed by atoms with E-state index < -0.39 is 29.7 Å². The maximum atomic E-state index is 13.8. The van der Waals surface area contributed by atoms with E-state index in [2.05, 4.69) is 58.8 Å². The largest absolute Gasteiger partial charge is 0.489 e. The molecule has 1 aromatic heterocycles. The third-order valence-electron chi connectivity index (χ3n) is 13.6. The van der Waals surface area contributed by atoms with Crippen molar-refractivity contribution in [1.82, 2.24) is 30.0 Å². The zero-order valence-corrected chi connectivity index (χ0v) is 35.0. The number of rotatable bonds is 8. The first-order chi connectivity index (χ1) is 28.6. The fourth-order valence-corrected chi connectivity index (χ4v) is 11.2. The topological polar surface area (TPSA) is 172 Å². The van der Waals surface area contributed by atoms with E-state index in [9.17, 15) is 29.2 Å². The average Bonchev–Trinajstić information content (AvgIpc) is 3.67. The Morgan fingerprint density at radius 2 is 1.58 bits per heavy atom. The Kier molecular flexibility index (Phi) is 9.86. The number of halogens is 1. The van der Waals surface area contributed by atoms with Crippen LogP contribution in [0.15, 0.2) is 42.6 Å². The van der Waals surface area contributed by atoms with Gasteiger partial charge < -0.3 is 19.4 Å². The van der Waals surface area contributed by atoms with Gasteiger partial charge in [0.05, 0.1) is 40.1 Å². The van der Waals surface area contributed by atoms with Gasteiger partial charge in [0.15, 0.2) is 5.69 Å². The molecule has 3 aromatic rings. The van der Waals surface area contributed by atoms with Gasteiger partial charge in [0, 0.05) is 80.9 Å². The number of aromatic nitrogens is 2. The number of hydrogen-bond donors (Lipinski definition) is 1. The van der Waals surface area contributed by atoms with Gasteiger partial charge in [-0.05, 0) is 55.5 Å². The molecule has 6 heterocycles.